The van der Waals surface area contributed by atoms with Crippen LogP contribution in [0.15, 0.2) is 29.2 Å². The Balaban J connectivity index is 1.81. The number of nitrogens with zero attached hydrogens (tertiary/aromatic N) is 3. The summed E-state index contributed by atoms with van der Waals surface area (Å²) in [4.78, 5) is 21.8. The van der Waals surface area contributed by atoms with Crippen molar-refractivity contribution in [1.29, 1.82) is 0 Å². The number of aromatic nitrogens is 3. The summed E-state index contributed by atoms with van der Waals surface area (Å²) in [5.41, 5.74) is 6.20. The Morgan fingerprint density at radius 1 is 1.23 bits per heavy atom. The van der Waals surface area contributed by atoms with E-state index in [-0.39, 0.29) is 29.0 Å². The van der Waals surface area contributed by atoms with Crippen LogP contribution in [0.2, 0.25) is 0 Å². The first-order valence-corrected chi connectivity index (χ1v) is 9.31. The van der Waals surface area contributed by atoms with Gasteiger partial charge in [0.05, 0.1) is 45.1 Å². The summed E-state index contributed by atoms with van der Waals surface area (Å²) in [6, 6.07) is 4.16. The number of hydrogen-bond donors (Lipinski definition) is 2. The van der Waals surface area contributed by atoms with Crippen LogP contribution in [0.4, 0.5) is 10.3 Å². The molecule has 2 atom stereocenters. The lowest BCUT2D eigenvalue weighted by Gasteiger charge is -2.16. The van der Waals surface area contributed by atoms with Crippen molar-refractivity contribution in [2.24, 2.45) is 12.8 Å². The number of rotatable bonds is 5. The molecule has 1 fully saturated rings. The summed E-state index contributed by atoms with van der Waals surface area (Å²) in [6.45, 7) is 0.917. The monoisotopic (exact) mass is 415 g/mol. The molecular weight excluding hydrogens is 393 g/mol. The molecule has 1 aliphatic heterocycles. The number of halogens is 1. The molecule has 1 aromatic carbocycles. The first kappa shape index (κ1) is 20.0. The van der Waals surface area contributed by atoms with Gasteiger partial charge in [0.25, 0.3) is 5.56 Å². The number of methoxy groups -OCH3 is 2. The SMILES string of the molecule is COc1cc(OC)c(F)c(-c2cc3cnc(N[C@@H]4COC[C@@H]4N)nc3n(C)c2=O)c1. The minimum atomic E-state index is -0.649. The minimum absolute atomic E-state index is 0.0163. The summed E-state index contributed by atoms with van der Waals surface area (Å²) in [7, 11) is 4.38. The number of hydrogen-bond acceptors (Lipinski definition) is 8. The molecule has 10 heteroatoms. The molecule has 3 N–H and O–H groups in total. The molecular formula is C20H22FN5O4. The van der Waals surface area contributed by atoms with Gasteiger partial charge in [0.15, 0.2) is 11.6 Å². The zero-order chi connectivity index (χ0) is 21.4. The van der Waals surface area contributed by atoms with Gasteiger partial charge < -0.3 is 25.3 Å². The number of fused-ring (bicyclic) bond motifs is 1. The maximum atomic E-state index is 14.9. The molecule has 0 radical (unpaired) electrons. The van der Waals surface area contributed by atoms with Crippen molar-refractivity contribution >= 4 is 17.0 Å². The van der Waals surface area contributed by atoms with Crippen LogP contribution in [0.1, 0.15) is 0 Å². The lowest BCUT2D eigenvalue weighted by Crippen LogP contribution is -2.39. The predicted octanol–water partition coefficient (Wildman–Crippen LogP) is 1.29. The average molecular weight is 415 g/mol. The molecule has 0 unspecified atom stereocenters. The Morgan fingerprint density at radius 3 is 2.70 bits per heavy atom. The van der Waals surface area contributed by atoms with E-state index < -0.39 is 11.4 Å². The normalized spacial score (nSPS) is 18.6. The fraction of sp³-hybridized carbons (Fsp3) is 0.350. The van der Waals surface area contributed by atoms with Crippen molar-refractivity contribution in [3.8, 4) is 22.6 Å². The Kier molecular flexibility index (Phi) is 5.27. The highest BCUT2D eigenvalue weighted by molar-refractivity contribution is 5.82. The van der Waals surface area contributed by atoms with Crippen molar-refractivity contribution < 1.29 is 18.6 Å². The van der Waals surface area contributed by atoms with E-state index in [1.807, 2.05) is 0 Å². The first-order chi connectivity index (χ1) is 14.4. The standard InChI is InChI=1S/C20H22FN5O4/c1-26-18-10(7-23-20(25-18)24-15-9-30-8-14(15)22)4-13(19(26)27)12-5-11(28-2)6-16(29-3)17(12)21/h4-7,14-15H,8-9,22H2,1-3H3,(H,23,24,25)/t14-,15+/m0/s1. The third-order valence-corrected chi connectivity index (χ3v) is 5.15. The molecule has 0 spiro atoms. The van der Waals surface area contributed by atoms with Crippen LogP contribution >= 0.6 is 0 Å². The van der Waals surface area contributed by atoms with Gasteiger partial charge >= 0.3 is 0 Å². The molecule has 9 nitrogen and oxygen atoms in total. The molecule has 0 aliphatic carbocycles. The summed E-state index contributed by atoms with van der Waals surface area (Å²) in [5.74, 6) is 0.0448. The molecule has 3 heterocycles. The van der Waals surface area contributed by atoms with Crippen LogP contribution in [-0.4, -0.2) is 54.1 Å². The quantitative estimate of drug-likeness (QED) is 0.641. The van der Waals surface area contributed by atoms with Gasteiger partial charge in [0.2, 0.25) is 5.95 Å². The second kappa shape index (κ2) is 7.88. The van der Waals surface area contributed by atoms with Gasteiger partial charge in [-0.1, -0.05) is 0 Å². The van der Waals surface area contributed by atoms with Crippen molar-refractivity contribution in [2.45, 2.75) is 12.1 Å². The van der Waals surface area contributed by atoms with E-state index in [2.05, 4.69) is 15.3 Å². The van der Waals surface area contributed by atoms with E-state index >= 15 is 0 Å². The zero-order valence-electron chi connectivity index (χ0n) is 16.8. The molecule has 1 saturated heterocycles. The number of nitrogens with two attached hydrogens (primary N) is 1. The van der Waals surface area contributed by atoms with Gasteiger partial charge in [-0.3, -0.25) is 9.36 Å². The summed E-state index contributed by atoms with van der Waals surface area (Å²) in [6.07, 6.45) is 1.57. The highest BCUT2D eigenvalue weighted by Crippen LogP contribution is 2.33. The van der Waals surface area contributed by atoms with Crippen molar-refractivity contribution in [3.05, 3.63) is 40.6 Å². The molecule has 0 amide bonds. The van der Waals surface area contributed by atoms with E-state index in [0.717, 1.165) is 0 Å². The zero-order valence-corrected chi connectivity index (χ0v) is 16.8. The lowest BCUT2D eigenvalue weighted by atomic mass is 10.0. The third-order valence-electron chi connectivity index (χ3n) is 5.15. The summed E-state index contributed by atoms with van der Waals surface area (Å²) >= 11 is 0. The molecule has 158 valence electrons. The summed E-state index contributed by atoms with van der Waals surface area (Å²) in [5, 5.41) is 3.71. The Labute approximate surface area is 171 Å². The van der Waals surface area contributed by atoms with E-state index in [4.69, 9.17) is 19.9 Å². The van der Waals surface area contributed by atoms with Crippen molar-refractivity contribution in [1.82, 2.24) is 14.5 Å². The maximum absolute atomic E-state index is 14.9. The fourth-order valence-electron chi connectivity index (χ4n) is 3.43. The second-order valence-corrected chi connectivity index (χ2v) is 7.04. The molecule has 2 aromatic heterocycles. The topological polar surface area (TPSA) is 114 Å². The highest BCUT2D eigenvalue weighted by atomic mass is 19.1. The molecule has 4 rings (SSSR count). The van der Waals surface area contributed by atoms with Gasteiger partial charge in [0, 0.05) is 30.3 Å². The second-order valence-electron chi connectivity index (χ2n) is 7.04. The Morgan fingerprint density at radius 2 is 2.03 bits per heavy atom. The largest absolute Gasteiger partial charge is 0.497 e. The number of benzene rings is 1. The van der Waals surface area contributed by atoms with Crippen LogP contribution in [0.5, 0.6) is 11.5 Å². The van der Waals surface area contributed by atoms with E-state index in [1.54, 1.807) is 19.3 Å². The number of aryl methyl sites for hydroxylation is 1. The molecule has 30 heavy (non-hydrogen) atoms. The van der Waals surface area contributed by atoms with Crippen LogP contribution in [0, 0.1) is 5.82 Å². The van der Waals surface area contributed by atoms with Gasteiger partial charge in [-0.25, -0.2) is 9.37 Å². The van der Waals surface area contributed by atoms with Crippen LogP contribution in [0.25, 0.3) is 22.2 Å². The minimum Gasteiger partial charge on any atom is -0.497 e. The number of pyridine rings is 1. The Bertz CT molecular complexity index is 1170. The molecule has 0 bridgehead atoms. The predicted molar refractivity (Wildman–Crippen MR) is 109 cm³/mol. The molecule has 0 saturated carbocycles. The van der Waals surface area contributed by atoms with E-state index in [1.165, 1.54) is 30.9 Å². The van der Waals surface area contributed by atoms with Crippen LogP contribution in [0.3, 0.4) is 0 Å². The average Bonchev–Trinajstić information content (AvgIpc) is 3.15. The van der Waals surface area contributed by atoms with E-state index in [0.29, 0.717) is 35.9 Å². The number of ether oxygens (including phenoxy) is 3. The van der Waals surface area contributed by atoms with E-state index in [9.17, 15) is 9.18 Å². The maximum Gasteiger partial charge on any atom is 0.259 e. The molecule has 3 aromatic rings. The van der Waals surface area contributed by atoms with Crippen LogP contribution in [-0.2, 0) is 11.8 Å². The fourth-order valence-corrected chi connectivity index (χ4v) is 3.43. The van der Waals surface area contributed by atoms with Crippen molar-refractivity contribution in [2.75, 3.05) is 32.8 Å². The van der Waals surface area contributed by atoms with Crippen LogP contribution < -0.4 is 26.1 Å². The van der Waals surface area contributed by atoms with Gasteiger partial charge in [-0.05, 0) is 12.1 Å². The smallest absolute Gasteiger partial charge is 0.259 e. The first-order valence-electron chi connectivity index (χ1n) is 9.31. The number of anilines is 1. The van der Waals surface area contributed by atoms with Gasteiger partial charge in [-0.15, -0.1) is 0 Å². The highest BCUT2D eigenvalue weighted by Gasteiger charge is 2.25. The lowest BCUT2D eigenvalue weighted by molar-refractivity contribution is 0.192. The van der Waals surface area contributed by atoms with Crippen molar-refractivity contribution in [3.63, 3.8) is 0 Å². The Hall–Kier alpha value is -3.24. The van der Waals surface area contributed by atoms with Gasteiger partial charge in [0.1, 0.15) is 11.4 Å². The summed E-state index contributed by atoms with van der Waals surface area (Å²) < 4.78 is 31.9. The molecule has 1 aliphatic rings. The third kappa shape index (κ3) is 3.44. The number of nitrogens with one attached hydrogen (secondary N) is 1. The van der Waals surface area contributed by atoms with Gasteiger partial charge in [-0.2, -0.15) is 4.98 Å².